The van der Waals surface area contributed by atoms with Crippen molar-refractivity contribution in [1.82, 2.24) is 10.1 Å². The molecule has 0 radical (unpaired) electrons. The van der Waals surface area contributed by atoms with Crippen molar-refractivity contribution in [3.05, 3.63) is 11.7 Å². The summed E-state index contributed by atoms with van der Waals surface area (Å²) in [7, 11) is 1.64. The highest BCUT2D eigenvalue weighted by Crippen LogP contribution is 2.35. The van der Waals surface area contributed by atoms with Gasteiger partial charge in [-0.15, -0.1) is 12.4 Å². The molecule has 1 aliphatic carbocycles. The summed E-state index contributed by atoms with van der Waals surface area (Å²) in [6, 6.07) is 0. The van der Waals surface area contributed by atoms with E-state index in [9.17, 15) is 0 Å². The molecule has 1 fully saturated rings. The van der Waals surface area contributed by atoms with E-state index in [2.05, 4.69) is 10.1 Å². The van der Waals surface area contributed by atoms with Crippen LogP contribution in [0.5, 0.6) is 0 Å². The minimum Gasteiger partial charge on any atom is -0.372 e. The summed E-state index contributed by atoms with van der Waals surface area (Å²) in [5, 5.41) is 4.00. The van der Waals surface area contributed by atoms with Gasteiger partial charge < -0.3 is 15.0 Å². The smallest absolute Gasteiger partial charge is 0.255 e. The molecule has 6 heteroatoms. The predicted octanol–water partition coefficient (Wildman–Crippen LogP) is 2.32. The molecule has 0 bridgehead atoms. The Morgan fingerprint density at radius 2 is 2.12 bits per heavy atom. The molecule has 1 atom stereocenters. The van der Waals surface area contributed by atoms with Crippen molar-refractivity contribution >= 4 is 12.4 Å². The Bertz CT molecular complexity index is 346. The second-order valence-electron chi connectivity index (χ2n) is 4.45. The van der Waals surface area contributed by atoms with E-state index in [1.54, 1.807) is 7.11 Å². The molecule has 0 amide bonds. The highest BCUT2D eigenvalue weighted by atomic mass is 35.5. The Balaban J connectivity index is 0.00000144. The van der Waals surface area contributed by atoms with Crippen molar-refractivity contribution in [3.8, 4) is 0 Å². The predicted molar refractivity (Wildman–Crippen MR) is 65.9 cm³/mol. The average Bonchev–Trinajstić information content (AvgIpc) is 2.90. The summed E-state index contributed by atoms with van der Waals surface area (Å²) >= 11 is 0. The van der Waals surface area contributed by atoms with Crippen LogP contribution in [0.3, 0.4) is 0 Å². The molecular formula is C11H20ClN3O2. The minimum absolute atomic E-state index is 0. The molecule has 0 saturated heterocycles. The number of aromatic nitrogens is 2. The monoisotopic (exact) mass is 261 g/mol. The van der Waals surface area contributed by atoms with Gasteiger partial charge in [0.05, 0.1) is 5.54 Å². The number of ether oxygens (including phenoxy) is 1. The minimum atomic E-state index is -0.381. The lowest BCUT2D eigenvalue weighted by molar-refractivity contribution is 0.0706. The third-order valence-corrected chi connectivity index (χ3v) is 3.31. The summed E-state index contributed by atoms with van der Waals surface area (Å²) in [5.74, 6) is 1.17. The fraction of sp³-hybridized carbons (Fsp3) is 0.818. The van der Waals surface area contributed by atoms with Crippen LogP contribution in [-0.2, 0) is 10.3 Å². The van der Waals surface area contributed by atoms with Crippen molar-refractivity contribution in [1.29, 1.82) is 0 Å². The fourth-order valence-electron chi connectivity index (χ4n) is 2.24. The Kier molecular flexibility index (Phi) is 4.91. The molecule has 1 unspecified atom stereocenters. The van der Waals surface area contributed by atoms with Gasteiger partial charge in [-0.2, -0.15) is 4.98 Å². The largest absolute Gasteiger partial charge is 0.372 e. The third kappa shape index (κ3) is 2.78. The maximum atomic E-state index is 6.25. The van der Waals surface area contributed by atoms with Gasteiger partial charge in [0.15, 0.2) is 5.82 Å². The molecule has 2 rings (SSSR count). The molecule has 1 saturated carbocycles. The average molecular weight is 262 g/mol. The van der Waals surface area contributed by atoms with Crippen molar-refractivity contribution in [3.63, 3.8) is 0 Å². The third-order valence-electron chi connectivity index (χ3n) is 3.31. The van der Waals surface area contributed by atoms with E-state index in [1.165, 1.54) is 0 Å². The SMILES string of the molecule is CCC(OC)c1nc(C2(N)CCCC2)no1.Cl. The summed E-state index contributed by atoms with van der Waals surface area (Å²) in [6.07, 6.45) is 4.86. The number of hydrogen-bond acceptors (Lipinski definition) is 5. The van der Waals surface area contributed by atoms with Gasteiger partial charge in [0.25, 0.3) is 5.89 Å². The maximum absolute atomic E-state index is 6.25. The highest BCUT2D eigenvalue weighted by Gasteiger charge is 2.36. The molecule has 2 N–H and O–H groups in total. The summed E-state index contributed by atoms with van der Waals surface area (Å²) in [6.45, 7) is 2.02. The van der Waals surface area contributed by atoms with Crippen molar-refractivity contribution in [2.75, 3.05) is 7.11 Å². The number of hydrogen-bond donors (Lipinski definition) is 1. The first kappa shape index (κ1) is 14.4. The molecule has 1 aliphatic rings. The number of halogens is 1. The standard InChI is InChI=1S/C11H19N3O2.ClH/c1-3-8(15-2)9-13-10(14-16-9)11(12)6-4-5-7-11;/h8H,3-7,12H2,1-2H3;1H. The van der Waals surface area contributed by atoms with Crippen LogP contribution in [-0.4, -0.2) is 17.3 Å². The number of rotatable bonds is 4. The number of nitrogens with two attached hydrogens (primary N) is 1. The first-order valence-electron chi connectivity index (χ1n) is 5.85. The van der Waals surface area contributed by atoms with E-state index in [-0.39, 0.29) is 24.0 Å². The topological polar surface area (TPSA) is 74.2 Å². The first-order valence-corrected chi connectivity index (χ1v) is 5.85. The Hall–Kier alpha value is -0.650. The lowest BCUT2D eigenvalue weighted by atomic mass is 9.99. The summed E-state index contributed by atoms with van der Waals surface area (Å²) in [5.41, 5.74) is 5.87. The molecular weight excluding hydrogens is 242 g/mol. The van der Waals surface area contributed by atoms with Gasteiger partial charge in [-0.3, -0.25) is 0 Å². The molecule has 0 spiro atoms. The zero-order chi connectivity index (χ0) is 11.6. The zero-order valence-electron chi connectivity index (χ0n) is 10.3. The zero-order valence-corrected chi connectivity index (χ0v) is 11.1. The Morgan fingerprint density at radius 3 is 2.65 bits per heavy atom. The van der Waals surface area contributed by atoms with Crippen molar-refractivity contribution < 1.29 is 9.26 Å². The van der Waals surface area contributed by atoms with Crippen LogP contribution in [0.4, 0.5) is 0 Å². The van der Waals surface area contributed by atoms with Crippen LogP contribution in [0.2, 0.25) is 0 Å². The van der Waals surface area contributed by atoms with E-state index < -0.39 is 0 Å². The summed E-state index contributed by atoms with van der Waals surface area (Å²) in [4.78, 5) is 4.38. The number of nitrogens with zero attached hydrogens (tertiary/aromatic N) is 2. The number of methoxy groups -OCH3 is 1. The fourth-order valence-corrected chi connectivity index (χ4v) is 2.24. The van der Waals surface area contributed by atoms with Gasteiger partial charge in [-0.05, 0) is 19.3 Å². The van der Waals surface area contributed by atoms with E-state index in [0.717, 1.165) is 32.1 Å². The second-order valence-corrected chi connectivity index (χ2v) is 4.45. The van der Waals surface area contributed by atoms with E-state index in [4.69, 9.17) is 15.0 Å². The normalized spacial score (nSPS) is 19.9. The quantitative estimate of drug-likeness (QED) is 0.900. The van der Waals surface area contributed by atoms with Gasteiger partial charge in [-0.1, -0.05) is 24.9 Å². The summed E-state index contributed by atoms with van der Waals surface area (Å²) < 4.78 is 10.5. The molecule has 0 aliphatic heterocycles. The van der Waals surface area contributed by atoms with E-state index >= 15 is 0 Å². The van der Waals surface area contributed by atoms with Gasteiger partial charge in [0.1, 0.15) is 6.10 Å². The van der Waals surface area contributed by atoms with Crippen LogP contribution in [0.1, 0.15) is 56.8 Å². The highest BCUT2D eigenvalue weighted by molar-refractivity contribution is 5.85. The van der Waals surface area contributed by atoms with E-state index in [0.29, 0.717) is 11.7 Å². The van der Waals surface area contributed by atoms with E-state index in [1.807, 2.05) is 6.92 Å². The van der Waals surface area contributed by atoms with Gasteiger partial charge >= 0.3 is 0 Å². The van der Waals surface area contributed by atoms with Crippen LogP contribution < -0.4 is 5.73 Å². The lowest BCUT2D eigenvalue weighted by Crippen LogP contribution is -2.34. The molecule has 5 nitrogen and oxygen atoms in total. The van der Waals surface area contributed by atoms with Crippen molar-refractivity contribution in [2.45, 2.75) is 50.7 Å². The van der Waals surface area contributed by atoms with Gasteiger partial charge in [0.2, 0.25) is 0 Å². The van der Waals surface area contributed by atoms with Crippen LogP contribution in [0.15, 0.2) is 4.52 Å². The second kappa shape index (κ2) is 5.80. The van der Waals surface area contributed by atoms with Gasteiger partial charge in [-0.25, -0.2) is 0 Å². The van der Waals surface area contributed by atoms with Crippen molar-refractivity contribution in [2.24, 2.45) is 5.73 Å². The van der Waals surface area contributed by atoms with Crippen LogP contribution in [0, 0.1) is 0 Å². The Morgan fingerprint density at radius 1 is 1.47 bits per heavy atom. The first-order chi connectivity index (χ1) is 7.69. The molecule has 0 aromatic carbocycles. The molecule has 98 valence electrons. The molecule has 1 aromatic rings. The Labute approximate surface area is 108 Å². The molecule has 17 heavy (non-hydrogen) atoms. The molecule has 1 aromatic heterocycles. The van der Waals surface area contributed by atoms with Gasteiger partial charge in [0, 0.05) is 7.11 Å². The maximum Gasteiger partial charge on any atom is 0.255 e. The molecule has 1 heterocycles. The van der Waals surface area contributed by atoms with Crippen LogP contribution >= 0.6 is 12.4 Å². The van der Waals surface area contributed by atoms with Crippen LogP contribution in [0.25, 0.3) is 0 Å². The lowest BCUT2D eigenvalue weighted by Gasteiger charge is -2.17.